The average molecular weight is 213 g/mol. The highest BCUT2D eigenvalue weighted by atomic mass is 19.3. The molecular weight excluding hydrogens is 204 g/mol. The molecule has 15 heavy (non-hydrogen) atoms. The number of oxazole rings is 1. The summed E-state index contributed by atoms with van der Waals surface area (Å²) in [6, 6.07) is 3.90. The molecule has 80 valence electrons. The first kappa shape index (κ1) is 9.89. The van der Waals surface area contributed by atoms with E-state index in [0.29, 0.717) is 11.1 Å². The van der Waals surface area contributed by atoms with E-state index in [2.05, 4.69) is 0 Å². The number of aromatic nitrogens is 1. The molecule has 0 unspecified atom stereocenters. The number of fused-ring (bicyclic) bond motifs is 1. The Morgan fingerprint density at radius 3 is 2.67 bits per heavy atom. The van der Waals surface area contributed by atoms with Crippen molar-refractivity contribution in [1.82, 2.24) is 4.57 Å². The third-order valence-corrected chi connectivity index (χ3v) is 2.30. The van der Waals surface area contributed by atoms with Crippen LogP contribution in [0.3, 0.4) is 0 Å². The van der Waals surface area contributed by atoms with E-state index in [-0.39, 0.29) is 5.56 Å². The number of benzene rings is 1. The van der Waals surface area contributed by atoms with Crippen molar-refractivity contribution in [3.63, 3.8) is 0 Å². The fourth-order valence-corrected chi connectivity index (χ4v) is 1.40. The van der Waals surface area contributed by atoms with Crippen LogP contribution in [-0.2, 0) is 13.0 Å². The van der Waals surface area contributed by atoms with Crippen LogP contribution < -0.4 is 5.76 Å². The maximum Gasteiger partial charge on any atom is 0.419 e. The van der Waals surface area contributed by atoms with Gasteiger partial charge in [0.25, 0.3) is 5.92 Å². The van der Waals surface area contributed by atoms with Gasteiger partial charge in [0.15, 0.2) is 5.58 Å². The maximum atomic E-state index is 13.0. The lowest BCUT2D eigenvalue weighted by Gasteiger charge is -2.09. The summed E-state index contributed by atoms with van der Waals surface area (Å²) < 4.78 is 32.0. The molecule has 1 aromatic carbocycles. The third-order valence-electron chi connectivity index (χ3n) is 2.30. The highest BCUT2D eigenvalue weighted by Crippen LogP contribution is 2.28. The molecule has 0 N–H and O–H groups in total. The van der Waals surface area contributed by atoms with E-state index >= 15 is 0 Å². The molecule has 5 heteroatoms. The standard InChI is InChI=1S/C10H9F2NO2/c1-10(11,12)6-3-4-8-7(5-6)13(2)9(14)15-8/h3-5H,1-2H3. The molecule has 0 spiro atoms. The van der Waals surface area contributed by atoms with E-state index in [9.17, 15) is 13.6 Å². The molecule has 3 nitrogen and oxygen atoms in total. The van der Waals surface area contributed by atoms with Crippen molar-refractivity contribution >= 4 is 11.1 Å². The van der Waals surface area contributed by atoms with Crippen molar-refractivity contribution in [3.05, 3.63) is 34.3 Å². The van der Waals surface area contributed by atoms with Crippen molar-refractivity contribution in [2.45, 2.75) is 12.8 Å². The molecular formula is C10H9F2NO2. The molecule has 0 radical (unpaired) electrons. The Labute approximate surface area is 83.9 Å². The summed E-state index contributed by atoms with van der Waals surface area (Å²) in [5.41, 5.74) is 0.556. The molecule has 1 heterocycles. The predicted octanol–water partition coefficient (Wildman–Crippen LogP) is 2.24. The lowest BCUT2D eigenvalue weighted by Crippen LogP contribution is -2.10. The molecule has 0 amide bonds. The van der Waals surface area contributed by atoms with Crippen molar-refractivity contribution in [3.8, 4) is 0 Å². The number of hydrogen-bond donors (Lipinski definition) is 0. The van der Waals surface area contributed by atoms with E-state index in [1.54, 1.807) is 0 Å². The molecule has 0 aliphatic carbocycles. The van der Waals surface area contributed by atoms with Gasteiger partial charge in [-0.15, -0.1) is 0 Å². The van der Waals surface area contributed by atoms with E-state index in [4.69, 9.17) is 4.42 Å². The summed E-state index contributed by atoms with van der Waals surface area (Å²) in [7, 11) is 1.48. The zero-order valence-corrected chi connectivity index (χ0v) is 8.25. The Morgan fingerprint density at radius 2 is 2.07 bits per heavy atom. The molecule has 0 saturated heterocycles. The van der Waals surface area contributed by atoms with Gasteiger partial charge in [-0.05, 0) is 18.2 Å². The second-order valence-corrected chi connectivity index (χ2v) is 3.50. The minimum absolute atomic E-state index is 0.133. The summed E-state index contributed by atoms with van der Waals surface area (Å²) in [5, 5.41) is 0. The first-order chi connectivity index (χ1) is 6.89. The summed E-state index contributed by atoms with van der Waals surface area (Å²) >= 11 is 0. The minimum Gasteiger partial charge on any atom is -0.408 e. The maximum absolute atomic E-state index is 13.0. The Balaban J connectivity index is 2.75. The molecule has 0 aliphatic heterocycles. The molecule has 1 aromatic heterocycles. The molecule has 0 saturated carbocycles. The minimum atomic E-state index is -2.92. The number of rotatable bonds is 1. The second kappa shape index (κ2) is 2.92. The van der Waals surface area contributed by atoms with Crippen molar-refractivity contribution < 1.29 is 13.2 Å². The van der Waals surface area contributed by atoms with Gasteiger partial charge in [0.2, 0.25) is 0 Å². The molecule has 0 atom stereocenters. The third kappa shape index (κ3) is 1.54. The van der Waals surface area contributed by atoms with Gasteiger partial charge < -0.3 is 4.42 Å². The van der Waals surface area contributed by atoms with E-state index in [1.807, 2.05) is 0 Å². The second-order valence-electron chi connectivity index (χ2n) is 3.50. The Morgan fingerprint density at radius 1 is 1.40 bits per heavy atom. The van der Waals surface area contributed by atoms with Gasteiger partial charge in [-0.3, -0.25) is 4.57 Å². The first-order valence-corrected chi connectivity index (χ1v) is 4.37. The Hall–Kier alpha value is -1.65. The smallest absolute Gasteiger partial charge is 0.408 e. The number of nitrogens with zero attached hydrogens (tertiary/aromatic N) is 1. The van der Waals surface area contributed by atoms with Gasteiger partial charge in [-0.1, -0.05) is 0 Å². The lowest BCUT2D eigenvalue weighted by atomic mass is 10.1. The van der Waals surface area contributed by atoms with Crippen LogP contribution in [0.2, 0.25) is 0 Å². The summed E-state index contributed by atoms with van der Waals surface area (Å²) in [6.07, 6.45) is 0. The average Bonchev–Trinajstić information content (AvgIpc) is 2.41. The van der Waals surface area contributed by atoms with Crippen molar-refractivity contribution in [2.24, 2.45) is 7.05 Å². The van der Waals surface area contributed by atoms with E-state index in [1.165, 1.54) is 29.8 Å². The SMILES string of the molecule is Cn1c(=O)oc2ccc(C(C)(F)F)cc21. The highest BCUT2D eigenvalue weighted by molar-refractivity contribution is 5.73. The van der Waals surface area contributed by atoms with Gasteiger partial charge in [0.1, 0.15) is 0 Å². The van der Waals surface area contributed by atoms with Crippen LogP contribution in [-0.4, -0.2) is 4.57 Å². The highest BCUT2D eigenvalue weighted by Gasteiger charge is 2.25. The monoisotopic (exact) mass is 213 g/mol. The van der Waals surface area contributed by atoms with Crippen molar-refractivity contribution in [1.29, 1.82) is 0 Å². The number of hydrogen-bond acceptors (Lipinski definition) is 2. The topological polar surface area (TPSA) is 35.1 Å². The fourth-order valence-electron chi connectivity index (χ4n) is 1.40. The van der Waals surface area contributed by atoms with Crippen LogP contribution in [0, 0.1) is 0 Å². The lowest BCUT2D eigenvalue weighted by molar-refractivity contribution is 0.0176. The van der Waals surface area contributed by atoms with Crippen LogP contribution >= 0.6 is 0 Å². The van der Waals surface area contributed by atoms with Gasteiger partial charge in [-0.25, -0.2) is 13.6 Å². The normalized spacial score (nSPS) is 12.3. The van der Waals surface area contributed by atoms with Crippen LogP contribution in [0.15, 0.2) is 27.4 Å². The van der Waals surface area contributed by atoms with Crippen LogP contribution in [0.1, 0.15) is 12.5 Å². The van der Waals surface area contributed by atoms with Gasteiger partial charge in [0.05, 0.1) is 5.52 Å². The first-order valence-electron chi connectivity index (χ1n) is 4.37. The quantitative estimate of drug-likeness (QED) is 0.728. The van der Waals surface area contributed by atoms with E-state index in [0.717, 1.165) is 6.92 Å². The van der Waals surface area contributed by atoms with Crippen molar-refractivity contribution in [2.75, 3.05) is 0 Å². The van der Waals surface area contributed by atoms with Crippen LogP contribution in [0.5, 0.6) is 0 Å². The van der Waals surface area contributed by atoms with Crippen LogP contribution in [0.4, 0.5) is 8.78 Å². The Kier molecular flexibility index (Phi) is 1.92. The number of halogens is 2. The summed E-state index contributed by atoms with van der Waals surface area (Å²) in [5.74, 6) is -3.47. The summed E-state index contributed by atoms with van der Waals surface area (Å²) in [6.45, 7) is 0.812. The number of aryl methyl sites for hydroxylation is 1. The van der Waals surface area contributed by atoms with Gasteiger partial charge in [0, 0.05) is 19.5 Å². The zero-order valence-electron chi connectivity index (χ0n) is 8.25. The zero-order chi connectivity index (χ0) is 11.2. The van der Waals surface area contributed by atoms with Gasteiger partial charge >= 0.3 is 5.76 Å². The molecule has 0 fully saturated rings. The summed E-state index contributed by atoms with van der Waals surface area (Å²) in [4.78, 5) is 11.1. The molecule has 2 aromatic rings. The van der Waals surface area contributed by atoms with Crippen LogP contribution in [0.25, 0.3) is 11.1 Å². The Bertz CT molecular complexity index is 563. The number of alkyl halides is 2. The molecule has 0 bridgehead atoms. The fraction of sp³-hybridized carbons (Fsp3) is 0.300. The predicted molar refractivity (Wildman–Crippen MR) is 51.0 cm³/mol. The van der Waals surface area contributed by atoms with E-state index < -0.39 is 11.7 Å². The van der Waals surface area contributed by atoms with Gasteiger partial charge in [-0.2, -0.15) is 0 Å². The largest absolute Gasteiger partial charge is 0.419 e. The molecule has 0 aliphatic rings. The molecule has 2 rings (SSSR count).